The van der Waals surface area contributed by atoms with E-state index in [1.807, 2.05) is 12.1 Å². The summed E-state index contributed by atoms with van der Waals surface area (Å²) in [6, 6.07) is 18.7. The molecule has 0 spiro atoms. The van der Waals surface area contributed by atoms with Gasteiger partial charge in [0, 0.05) is 13.1 Å². The van der Waals surface area contributed by atoms with Gasteiger partial charge in [-0.2, -0.15) is 0 Å². The summed E-state index contributed by atoms with van der Waals surface area (Å²) in [5.74, 6) is 1.37. The zero-order valence-electron chi connectivity index (χ0n) is 13.9. The molecule has 1 aliphatic heterocycles. The van der Waals surface area contributed by atoms with Crippen molar-refractivity contribution in [3.05, 3.63) is 65.7 Å². The van der Waals surface area contributed by atoms with E-state index in [0.29, 0.717) is 5.92 Å². The van der Waals surface area contributed by atoms with Crippen molar-refractivity contribution in [2.24, 2.45) is 0 Å². The van der Waals surface area contributed by atoms with Crippen LogP contribution in [0.5, 0.6) is 5.75 Å². The van der Waals surface area contributed by atoms with Crippen molar-refractivity contribution in [2.75, 3.05) is 19.7 Å². The van der Waals surface area contributed by atoms with Crippen LogP contribution in [-0.2, 0) is 4.74 Å². The third-order valence-corrected chi connectivity index (χ3v) is 4.22. The van der Waals surface area contributed by atoms with Crippen LogP contribution in [0, 0.1) is 0 Å². The van der Waals surface area contributed by atoms with Crippen LogP contribution in [0.1, 0.15) is 37.0 Å². The van der Waals surface area contributed by atoms with Gasteiger partial charge < -0.3 is 14.8 Å². The predicted octanol–water partition coefficient (Wildman–Crippen LogP) is 3.92. The van der Waals surface area contributed by atoms with Crippen molar-refractivity contribution in [1.82, 2.24) is 5.32 Å². The van der Waals surface area contributed by atoms with Gasteiger partial charge in [0.1, 0.15) is 11.9 Å². The topological polar surface area (TPSA) is 30.5 Å². The molecule has 3 heteroatoms. The lowest BCUT2D eigenvalue weighted by Crippen LogP contribution is -2.43. The van der Waals surface area contributed by atoms with Crippen LogP contribution in [0.25, 0.3) is 0 Å². The molecule has 23 heavy (non-hydrogen) atoms. The quantitative estimate of drug-likeness (QED) is 0.908. The monoisotopic (exact) mass is 311 g/mol. The number of hydrogen-bond donors (Lipinski definition) is 1. The van der Waals surface area contributed by atoms with Crippen molar-refractivity contribution < 1.29 is 9.47 Å². The Balaban J connectivity index is 1.90. The molecule has 1 N–H and O–H groups in total. The first-order chi connectivity index (χ1) is 11.3. The second-order valence-electron chi connectivity index (χ2n) is 6.26. The summed E-state index contributed by atoms with van der Waals surface area (Å²) in [5.41, 5.74) is 2.39. The third-order valence-electron chi connectivity index (χ3n) is 4.22. The van der Waals surface area contributed by atoms with Gasteiger partial charge in [-0.05, 0) is 23.1 Å². The van der Waals surface area contributed by atoms with Crippen molar-refractivity contribution in [3.8, 4) is 5.75 Å². The highest BCUT2D eigenvalue weighted by molar-refractivity contribution is 5.36. The Kier molecular flexibility index (Phi) is 5.31. The minimum atomic E-state index is -0.108. The van der Waals surface area contributed by atoms with Gasteiger partial charge in [-0.3, -0.25) is 0 Å². The summed E-state index contributed by atoms with van der Waals surface area (Å²) < 4.78 is 12.4. The molecule has 1 aliphatic rings. The molecular formula is C20H25NO2. The largest absolute Gasteiger partial charge is 0.483 e. The molecule has 3 nitrogen and oxygen atoms in total. The Morgan fingerprint density at radius 2 is 1.78 bits per heavy atom. The smallest absolute Gasteiger partial charge is 0.151 e. The zero-order chi connectivity index (χ0) is 16.1. The molecule has 0 bridgehead atoms. The molecule has 1 heterocycles. The van der Waals surface area contributed by atoms with Crippen LogP contribution in [0.4, 0.5) is 0 Å². The minimum Gasteiger partial charge on any atom is -0.483 e. The molecule has 0 aromatic heterocycles. The average Bonchev–Trinajstić information content (AvgIpc) is 2.61. The predicted molar refractivity (Wildman–Crippen MR) is 93.0 cm³/mol. The lowest BCUT2D eigenvalue weighted by molar-refractivity contribution is -0.0435. The summed E-state index contributed by atoms with van der Waals surface area (Å²) in [5, 5.41) is 3.40. The van der Waals surface area contributed by atoms with Gasteiger partial charge in [-0.1, -0.05) is 62.4 Å². The number of ether oxygens (including phenoxy) is 2. The lowest BCUT2D eigenvalue weighted by Gasteiger charge is -2.32. The van der Waals surface area contributed by atoms with Crippen LogP contribution in [0.15, 0.2) is 54.6 Å². The summed E-state index contributed by atoms with van der Waals surface area (Å²) in [6.45, 7) is 6.82. The first-order valence-electron chi connectivity index (χ1n) is 8.38. The van der Waals surface area contributed by atoms with E-state index in [4.69, 9.17) is 9.47 Å². The van der Waals surface area contributed by atoms with E-state index in [1.165, 1.54) is 5.56 Å². The standard InChI is InChI=1S/C20H25NO2/c1-15(2)17-10-6-7-11-18(17)23-20(16-8-4-3-5-9-16)19-14-21-12-13-22-19/h3-11,15,19-21H,12-14H2,1-2H3. The van der Waals surface area contributed by atoms with Crippen LogP contribution >= 0.6 is 0 Å². The molecule has 2 aromatic rings. The maximum atomic E-state index is 6.47. The van der Waals surface area contributed by atoms with Gasteiger partial charge in [0.05, 0.1) is 6.61 Å². The first-order valence-corrected chi connectivity index (χ1v) is 8.38. The highest BCUT2D eigenvalue weighted by Crippen LogP contribution is 2.32. The molecule has 2 aromatic carbocycles. The van der Waals surface area contributed by atoms with Gasteiger partial charge in [0.25, 0.3) is 0 Å². The minimum absolute atomic E-state index is 0.0198. The molecule has 1 saturated heterocycles. The van der Waals surface area contributed by atoms with E-state index in [0.717, 1.165) is 31.0 Å². The van der Waals surface area contributed by atoms with E-state index in [9.17, 15) is 0 Å². The van der Waals surface area contributed by atoms with Gasteiger partial charge >= 0.3 is 0 Å². The zero-order valence-corrected chi connectivity index (χ0v) is 13.9. The highest BCUT2D eigenvalue weighted by Gasteiger charge is 2.28. The molecule has 0 aliphatic carbocycles. The van der Waals surface area contributed by atoms with Crippen LogP contribution < -0.4 is 10.1 Å². The fourth-order valence-electron chi connectivity index (χ4n) is 2.98. The van der Waals surface area contributed by atoms with E-state index in [2.05, 4.69) is 61.6 Å². The molecular weight excluding hydrogens is 286 g/mol. The number of para-hydroxylation sites is 1. The molecule has 2 unspecified atom stereocenters. The second kappa shape index (κ2) is 7.62. The Bertz CT molecular complexity index is 606. The summed E-state index contributed by atoms with van der Waals surface area (Å²) in [6.07, 6.45) is -0.0877. The fraction of sp³-hybridized carbons (Fsp3) is 0.400. The molecule has 2 atom stereocenters. The summed E-state index contributed by atoms with van der Waals surface area (Å²) >= 11 is 0. The second-order valence-corrected chi connectivity index (χ2v) is 6.26. The SMILES string of the molecule is CC(C)c1ccccc1OC(c1ccccc1)C1CNCCO1. The number of hydrogen-bond acceptors (Lipinski definition) is 3. The highest BCUT2D eigenvalue weighted by atomic mass is 16.5. The molecule has 1 fully saturated rings. The lowest BCUT2D eigenvalue weighted by atomic mass is 10.0. The normalized spacial score (nSPS) is 19.5. The van der Waals surface area contributed by atoms with E-state index in [-0.39, 0.29) is 12.2 Å². The Labute approximate surface area is 138 Å². The molecule has 0 saturated carbocycles. The molecule has 122 valence electrons. The van der Waals surface area contributed by atoms with Crippen molar-refractivity contribution in [2.45, 2.75) is 32.0 Å². The number of benzene rings is 2. The molecule has 3 rings (SSSR count). The van der Waals surface area contributed by atoms with Crippen molar-refractivity contribution in [1.29, 1.82) is 0 Å². The first kappa shape index (κ1) is 16.0. The Morgan fingerprint density at radius 3 is 2.48 bits per heavy atom. The maximum Gasteiger partial charge on any atom is 0.151 e. The number of nitrogens with one attached hydrogen (secondary N) is 1. The van der Waals surface area contributed by atoms with Crippen LogP contribution in [-0.4, -0.2) is 25.8 Å². The van der Waals surface area contributed by atoms with Crippen molar-refractivity contribution >= 4 is 0 Å². The van der Waals surface area contributed by atoms with Gasteiger partial charge in [0.2, 0.25) is 0 Å². The van der Waals surface area contributed by atoms with Gasteiger partial charge in [0.15, 0.2) is 6.10 Å². The number of rotatable bonds is 5. The molecule has 0 amide bonds. The van der Waals surface area contributed by atoms with E-state index < -0.39 is 0 Å². The summed E-state index contributed by atoms with van der Waals surface area (Å²) in [7, 11) is 0. The third kappa shape index (κ3) is 3.92. The van der Waals surface area contributed by atoms with Gasteiger partial charge in [-0.15, -0.1) is 0 Å². The van der Waals surface area contributed by atoms with E-state index >= 15 is 0 Å². The van der Waals surface area contributed by atoms with Gasteiger partial charge in [-0.25, -0.2) is 0 Å². The summed E-state index contributed by atoms with van der Waals surface area (Å²) in [4.78, 5) is 0. The fourth-order valence-corrected chi connectivity index (χ4v) is 2.98. The van der Waals surface area contributed by atoms with Crippen LogP contribution in [0.2, 0.25) is 0 Å². The van der Waals surface area contributed by atoms with Crippen LogP contribution in [0.3, 0.4) is 0 Å². The molecule has 0 radical (unpaired) electrons. The Hall–Kier alpha value is -1.84. The Morgan fingerprint density at radius 1 is 1.04 bits per heavy atom. The van der Waals surface area contributed by atoms with Crippen molar-refractivity contribution in [3.63, 3.8) is 0 Å². The number of morpholine rings is 1. The maximum absolute atomic E-state index is 6.47. The average molecular weight is 311 g/mol. The van der Waals surface area contributed by atoms with E-state index in [1.54, 1.807) is 0 Å².